The molecule has 2 rings (SSSR count). The number of H-pyrrole nitrogens is 1. The standard InChI is InChI=1S/C13H19N7OS2/c1-3-5-14-12(22)15-6-7-20-10-9(18-19-20)11(21)17-13(16-10)23-8-4-2/h3H,1,4-8H2,2H3,(H2,14,15,22)(H,16,17,21). The van der Waals surface area contributed by atoms with E-state index in [4.69, 9.17) is 12.2 Å². The Hall–Kier alpha value is -1.94. The summed E-state index contributed by atoms with van der Waals surface area (Å²) in [5.41, 5.74) is 0.466. The number of fused-ring (bicyclic) bond motifs is 1. The molecule has 2 aromatic rings. The zero-order chi connectivity index (χ0) is 16.7. The molecule has 0 aliphatic heterocycles. The van der Waals surface area contributed by atoms with E-state index in [0.29, 0.717) is 35.6 Å². The number of aromatic amines is 1. The molecule has 0 saturated carbocycles. The first-order valence-electron chi connectivity index (χ1n) is 7.24. The smallest absolute Gasteiger partial charge is 0.281 e. The van der Waals surface area contributed by atoms with E-state index in [9.17, 15) is 4.79 Å². The zero-order valence-corrected chi connectivity index (χ0v) is 14.5. The fraction of sp³-hybridized carbons (Fsp3) is 0.462. The summed E-state index contributed by atoms with van der Waals surface area (Å²) >= 11 is 6.62. The fourth-order valence-corrected chi connectivity index (χ4v) is 2.67. The van der Waals surface area contributed by atoms with E-state index in [0.717, 1.165) is 12.2 Å². The molecule has 10 heteroatoms. The van der Waals surface area contributed by atoms with Crippen molar-refractivity contribution in [3.8, 4) is 0 Å². The molecule has 2 heterocycles. The molecule has 3 N–H and O–H groups in total. The van der Waals surface area contributed by atoms with Crippen LogP contribution >= 0.6 is 24.0 Å². The molecule has 0 aromatic carbocycles. The molecule has 2 aromatic heterocycles. The van der Waals surface area contributed by atoms with E-state index in [1.165, 1.54) is 11.8 Å². The minimum Gasteiger partial charge on any atom is -0.361 e. The Bertz CT molecular complexity index is 739. The van der Waals surface area contributed by atoms with Crippen LogP contribution in [-0.2, 0) is 6.54 Å². The number of nitrogens with one attached hydrogen (secondary N) is 3. The Morgan fingerprint density at radius 1 is 1.52 bits per heavy atom. The lowest BCUT2D eigenvalue weighted by molar-refractivity contribution is 0.589. The van der Waals surface area contributed by atoms with Gasteiger partial charge in [-0.2, -0.15) is 0 Å². The normalized spacial score (nSPS) is 10.7. The molecular weight excluding hydrogens is 334 g/mol. The molecule has 0 saturated heterocycles. The van der Waals surface area contributed by atoms with E-state index in [2.05, 4.69) is 44.4 Å². The van der Waals surface area contributed by atoms with Crippen molar-refractivity contribution in [3.05, 3.63) is 23.0 Å². The highest BCUT2D eigenvalue weighted by molar-refractivity contribution is 7.99. The van der Waals surface area contributed by atoms with Gasteiger partial charge in [-0.25, -0.2) is 9.67 Å². The maximum atomic E-state index is 12.0. The Kier molecular flexibility index (Phi) is 6.53. The van der Waals surface area contributed by atoms with Crippen molar-refractivity contribution in [3.63, 3.8) is 0 Å². The third-order valence-corrected chi connectivity index (χ3v) is 4.18. The van der Waals surface area contributed by atoms with Gasteiger partial charge in [0.05, 0.1) is 6.54 Å². The topological polar surface area (TPSA) is 101 Å². The van der Waals surface area contributed by atoms with Gasteiger partial charge in [0.25, 0.3) is 5.56 Å². The lowest BCUT2D eigenvalue weighted by Crippen LogP contribution is -2.37. The summed E-state index contributed by atoms with van der Waals surface area (Å²) in [5.74, 6) is 0.890. The van der Waals surface area contributed by atoms with Crippen LogP contribution in [0.1, 0.15) is 13.3 Å². The van der Waals surface area contributed by atoms with Gasteiger partial charge >= 0.3 is 0 Å². The number of hydrogen-bond donors (Lipinski definition) is 3. The number of aromatic nitrogens is 5. The molecule has 0 bridgehead atoms. The third kappa shape index (κ3) is 4.76. The van der Waals surface area contributed by atoms with Gasteiger partial charge in [0.15, 0.2) is 21.4 Å². The van der Waals surface area contributed by atoms with Crippen LogP contribution in [0.4, 0.5) is 0 Å². The van der Waals surface area contributed by atoms with E-state index < -0.39 is 0 Å². The monoisotopic (exact) mass is 353 g/mol. The summed E-state index contributed by atoms with van der Waals surface area (Å²) in [6.07, 6.45) is 2.73. The summed E-state index contributed by atoms with van der Waals surface area (Å²) in [7, 11) is 0. The lowest BCUT2D eigenvalue weighted by Gasteiger charge is -2.08. The Morgan fingerprint density at radius 2 is 2.35 bits per heavy atom. The van der Waals surface area contributed by atoms with Crippen LogP contribution in [0.15, 0.2) is 22.6 Å². The van der Waals surface area contributed by atoms with Crippen molar-refractivity contribution in [1.82, 2.24) is 35.6 Å². The molecule has 0 atom stereocenters. The Balaban J connectivity index is 2.05. The number of hydrogen-bond acceptors (Lipinski definition) is 6. The lowest BCUT2D eigenvalue weighted by atomic mass is 10.5. The number of rotatable bonds is 8. The number of nitrogens with zero attached hydrogens (tertiary/aromatic N) is 4. The number of thioether (sulfide) groups is 1. The second-order valence-electron chi connectivity index (χ2n) is 4.63. The van der Waals surface area contributed by atoms with E-state index >= 15 is 0 Å². The van der Waals surface area contributed by atoms with Crippen molar-refractivity contribution < 1.29 is 0 Å². The highest BCUT2D eigenvalue weighted by Crippen LogP contribution is 2.14. The summed E-state index contributed by atoms with van der Waals surface area (Å²) in [6.45, 7) is 7.34. The highest BCUT2D eigenvalue weighted by Gasteiger charge is 2.11. The summed E-state index contributed by atoms with van der Waals surface area (Å²) in [5, 5.41) is 15.0. The highest BCUT2D eigenvalue weighted by atomic mass is 32.2. The van der Waals surface area contributed by atoms with Gasteiger partial charge in [0.1, 0.15) is 0 Å². The molecule has 0 radical (unpaired) electrons. The first-order chi connectivity index (χ1) is 11.2. The van der Waals surface area contributed by atoms with Crippen LogP contribution in [0.25, 0.3) is 11.2 Å². The Morgan fingerprint density at radius 3 is 3.09 bits per heavy atom. The van der Waals surface area contributed by atoms with E-state index in [1.807, 2.05) is 0 Å². The van der Waals surface area contributed by atoms with Gasteiger partial charge in [0.2, 0.25) is 0 Å². The quantitative estimate of drug-likeness (QED) is 0.275. The van der Waals surface area contributed by atoms with E-state index in [1.54, 1.807) is 10.8 Å². The number of thiocarbonyl (C=S) groups is 1. The average molecular weight is 353 g/mol. The molecule has 0 spiro atoms. The minimum atomic E-state index is -0.268. The van der Waals surface area contributed by atoms with Gasteiger partial charge in [-0.15, -0.1) is 11.7 Å². The third-order valence-electron chi connectivity index (χ3n) is 2.81. The zero-order valence-electron chi connectivity index (χ0n) is 12.8. The van der Waals surface area contributed by atoms with Crippen LogP contribution in [0, 0.1) is 0 Å². The summed E-state index contributed by atoms with van der Waals surface area (Å²) in [4.78, 5) is 19.2. The van der Waals surface area contributed by atoms with Crippen molar-refractivity contribution in [2.75, 3.05) is 18.8 Å². The summed E-state index contributed by atoms with van der Waals surface area (Å²) in [6, 6.07) is 0. The first-order valence-corrected chi connectivity index (χ1v) is 8.64. The van der Waals surface area contributed by atoms with Crippen molar-refractivity contribution >= 4 is 40.3 Å². The molecule has 8 nitrogen and oxygen atoms in total. The molecule has 124 valence electrons. The minimum absolute atomic E-state index is 0.248. The molecule has 23 heavy (non-hydrogen) atoms. The van der Waals surface area contributed by atoms with Crippen molar-refractivity contribution in [2.24, 2.45) is 0 Å². The molecule has 0 unspecified atom stereocenters. The maximum absolute atomic E-state index is 12.0. The van der Waals surface area contributed by atoms with Gasteiger partial charge in [-0.05, 0) is 18.6 Å². The second kappa shape index (κ2) is 8.63. The predicted molar refractivity (Wildman–Crippen MR) is 95.8 cm³/mol. The van der Waals surface area contributed by atoms with Gasteiger partial charge in [-0.3, -0.25) is 9.78 Å². The van der Waals surface area contributed by atoms with Crippen LogP contribution in [-0.4, -0.2) is 48.9 Å². The molecule has 0 amide bonds. The van der Waals surface area contributed by atoms with Gasteiger partial charge < -0.3 is 10.6 Å². The van der Waals surface area contributed by atoms with Crippen molar-refractivity contribution in [2.45, 2.75) is 25.0 Å². The second-order valence-corrected chi connectivity index (χ2v) is 6.12. The largest absolute Gasteiger partial charge is 0.361 e. The summed E-state index contributed by atoms with van der Waals surface area (Å²) < 4.78 is 1.60. The maximum Gasteiger partial charge on any atom is 0.281 e. The molecular formula is C13H19N7OS2. The fourth-order valence-electron chi connectivity index (χ4n) is 1.77. The predicted octanol–water partition coefficient (Wildman–Crippen LogP) is 0.667. The Labute approximate surface area is 143 Å². The van der Waals surface area contributed by atoms with Crippen LogP contribution in [0.5, 0.6) is 0 Å². The van der Waals surface area contributed by atoms with Crippen molar-refractivity contribution in [1.29, 1.82) is 0 Å². The first kappa shape index (κ1) is 17.4. The average Bonchev–Trinajstić information content (AvgIpc) is 2.94. The van der Waals surface area contributed by atoms with Gasteiger partial charge in [-0.1, -0.05) is 30.0 Å². The van der Waals surface area contributed by atoms with Gasteiger partial charge in [0, 0.05) is 18.8 Å². The van der Waals surface area contributed by atoms with Crippen LogP contribution in [0.3, 0.4) is 0 Å². The van der Waals surface area contributed by atoms with Crippen LogP contribution < -0.4 is 16.2 Å². The van der Waals surface area contributed by atoms with Crippen LogP contribution in [0.2, 0.25) is 0 Å². The molecule has 0 aliphatic rings. The van der Waals surface area contributed by atoms with E-state index in [-0.39, 0.29) is 11.1 Å². The molecule has 0 aliphatic carbocycles. The molecule has 0 fully saturated rings. The SMILES string of the molecule is C=CCNC(=S)NCCn1nnc2c(=O)[nH]c(SCCC)nc21.